The van der Waals surface area contributed by atoms with Crippen molar-refractivity contribution in [1.29, 1.82) is 0 Å². The molecule has 2 heterocycles. The molecule has 1 aliphatic rings. The van der Waals surface area contributed by atoms with Crippen LogP contribution in [0.25, 0.3) is 10.9 Å². The van der Waals surface area contributed by atoms with Gasteiger partial charge in [0.2, 0.25) is 0 Å². The molecule has 0 aliphatic carbocycles. The van der Waals surface area contributed by atoms with E-state index < -0.39 is 0 Å². The van der Waals surface area contributed by atoms with Crippen molar-refractivity contribution in [3.05, 3.63) is 59.8 Å². The topological polar surface area (TPSA) is 82.3 Å². The molecule has 0 radical (unpaired) electrons. The lowest BCUT2D eigenvalue weighted by atomic mass is 9.96. The number of carbonyl (C=O) groups excluding carboxylic acids is 1. The van der Waals surface area contributed by atoms with Crippen molar-refractivity contribution in [3.63, 3.8) is 0 Å². The second-order valence-corrected chi connectivity index (χ2v) is 8.49. The Labute approximate surface area is 189 Å². The number of likely N-dealkylation sites (tertiary alicyclic amines) is 1. The van der Waals surface area contributed by atoms with E-state index in [1.807, 2.05) is 18.2 Å². The fourth-order valence-corrected chi connectivity index (χ4v) is 4.28. The number of piperidine rings is 1. The molecule has 3 aromatic rings. The molecule has 0 bridgehead atoms. The van der Waals surface area contributed by atoms with E-state index in [1.165, 1.54) is 5.56 Å². The van der Waals surface area contributed by atoms with Gasteiger partial charge in [-0.15, -0.1) is 0 Å². The number of methoxy groups -OCH3 is 1. The molecule has 32 heavy (non-hydrogen) atoms. The van der Waals surface area contributed by atoms with Crippen LogP contribution in [-0.4, -0.2) is 60.8 Å². The standard InChI is InChI=1S/C25H33N5O2/c1-32-21-8-9-23-22(16-21)24(29-28-23)25(31)27-18-20-10-14-30(15-11-20)13-5-12-26-17-19-6-3-2-4-7-19/h2-4,6-9,16,20,26H,5,10-15,17-18H2,1H3,(H,27,31)(H,28,29). The van der Waals surface area contributed by atoms with E-state index in [0.29, 0.717) is 18.2 Å². The van der Waals surface area contributed by atoms with Crippen LogP contribution in [0.3, 0.4) is 0 Å². The van der Waals surface area contributed by atoms with Gasteiger partial charge in [0, 0.05) is 18.5 Å². The molecule has 7 nitrogen and oxygen atoms in total. The van der Waals surface area contributed by atoms with Crippen LogP contribution in [0.1, 0.15) is 35.3 Å². The van der Waals surface area contributed by atoms with Gasteiger partial charge in [0.25, 0.3) is 5.91 Å². The van der Waals surface area contributed by atoms with E-state index in [4.69, 9.17) is 4.74 Å². The summed E-state index contributed by atoms with van der Waals surface area (Å²) in [5.41, 5.74) is 2.60. The van der Waals surface area contributed by atoms with Gasteiger partial charge in [0.05, 0.1) is 12.6 Å². The highest BCUT2D eigenvalue weighted by molar-refractivity contribution is 6.05. The summed E-state index contributed by atoms with van der Waals surface area (Å²) < 4.78 is 5.27. The maximum Gasteiger partial charge on any atom is 0.272 e. The van der Waals surface area contributed by atoms with Gasteiger partial charge in [-0.05, 0) is 75.1 Å². The van der Waals surface area contributed by atoms with Crippen LogP contribution in [0.4, 0.5) is 0 Å². The highest BCUT2D eigenvalue weighted by atomic mass is 16.5. The number of nitrogens with zero attached hydrogens (tertiary/aromatic N) is 2. The predicted molar refractivity (Wildman–Crippen MR) is 127 cm³/mol. The van der Waals surface area contributed by atoms with E-state index in [9.17, 15) is 4.79 Å². The molecule has 1 aliphatic heterocycles. The minimum atomic E-state index is -0.128. The molecule has 1 amide bonds. The molecular formula is C25H33N5O2. The Kier molecular flexibility index (Phi) is 7.74. The molecule has 1 saturated heterocycles. The summed E-state index contributed by atoms with van der Waals surface area (Å²) in [6.07, 6.45) is 3.39. The highest BCUT2D eigenvalue weighted by Crippen LogP contribution is 2.22. The third-order valence-corrected chi connectivity index (χ3v) is 6.24. The zero-order chi connectivity index (χ0) is 22.2. The molecule has 0 atom stereocenters. The number of H-pyrrole nitrogens is 1. The molecule has 0 unspecified atom stereocenters. The van der Waals surface area contributed by atoms with Crippen LogP contribution in [0.15, 0.2) is 48.5 Å². The van der Waals surface area contributed by atoms with Crippen LogP contribution in [0.2, 0.25) is 0 Å². The maximum atomic E-state index is 12.7. The average Bonchev–Trinajstić information content (AvgIpc) is 3.27. The number of aromatic amines is 1. The number of hydrogen-bond donors (Lipinski definition) is 3. The van der Waals surface area contributed by atoms with Gasteiger partial charge in [0.15, 0.2) is 5.69 Å². The number of nitrogens with one attached hydrogen (secondary N) is 3. The highest BCUT2D eigenvalue weighted by Gasteiger charge is 2.21. The van der Waals surface area contributed by atoms with Gasteiger partial charge in [-0.25, -0.2) is 0 Å². The molecule has 2 aromatic carbocycles. The van der Waals surface area contributed by atoms with Gasteiger partial charge >= 0.3 is 0 Å². The number of aromatic nitrogens is 2. The van der Waals surface area contributed by atoms with Gasteiger partial charge in [-0.1, -0.05) is 30.3 Å². The monoisotopic (exact) mass is 435 g/mol. The van der Waals surface area contributed by atoms with Gasteiger partial charge in [-0.2, -0.15) is 5.10 Å². The lowest BCUT2D eigenvalue weighted by Gasteiger charge is -2.32. The van der Waals surface area contributed by atoms with Crippen molar-refractivity contribution >= 4 is 16.8 Å². The number of carbonyl (C=O) groups is 1. The Balaban J connectivity index is 1.14. The lowest BCUT2D eigenvalue weighted by Crippen LogP contribution is -2.39. The lowest BCUT2D eigenvalue weighted by molar-refractivity contribution is 0.0932. The minimum absolute atomic E-state index is 0.128. The largest absolute Gasteiger partial charge is 0.497 e. The van der Waals surface area contributed by atoms with Crippen LogP contribution in [-0.2, 0) is 6.54 Å². The normalized spacial score (nSPS) is 15.2. The molecule has 7 heteroatoms. The average molecular weight is 436 g/mol. The van der Waals surface area contributed by atoms with Crippen molar-refractivity contribution < 1.29 is 9.53 Å². The second-order valence-electron chi connectivity index (χ2n) is 8.49. The summed E-state index contributed by atoms with van der Waals surface area (Å²) in [5.74, 6) is 1.11. The third kappa shape index (κ3) is 5.87. The zero-order valence-electron chi connectivity index (χ0n) is 18.8. The van der Waals surface area contributed by atoms with Gasteiger partial charge < -0.3 is 20.3 Å². The Morgan fingerprint density at radius 3 is 2.78 bits per heavy atom. The first-order valence-electron chi connectivity index (χ1n) is 11.5. The molecule has 1 aromatic heterocycles. The third-order valence-electron chi connectivity index (χ3n) is 6.24. The molecule has 3 N–H and O–H groups in total. The Hall–Kier alpha value is -2.90. The summed E-state index contributed by atoms with van der Waals surface area (Å²) >= 11 is 0. The predicted octanol–water partition coefficient (Wildman–Crippen LogP) is 3.19. The fourth-order valence-electron chi connectivity index (χ4n) is 4.28. The van der Waals surface area contributed by atoms with Crippen molar-refractivity contribution in [1.82, 2.24) is 25.7 Å². The number of benzene rings is 2. The molecule has 0 saturated carbocycles. The first-order valence-corrected chi connectivity index (χ1v) is 11.5. The summed E-state index contributed by atoms with van der Waals surface area (Å²) in [6.45, 7) is 5.99. The number of hydrogen-bond acceptors (Lipinski definition) is 5. The summed E-state index contributed by atoms with van der Waals surface area (Å²) in [5, 5.41) is 14.5. The summed E-state index contributed by atoms with van der Waals surface area (Å²) in [4.78, 5) is 15.2. The van der Waals surface area contributed by atoms with Crippen molar-refractivity contribution in [2.75, 3.05) is 39.8 Å². The van der Waals surface area contributed by atoms with E-state index in [1.54, 1.807) is 7.11 Å². The molecule has 4 rings (SSSR count). The smallest absolute Gasteiger partial charge is 0.272 e. The molecule has 1 fully saturated rings. The van der Waals surface area contributed by atoms with Crippen molar-refractivity contribution in [3.8, 4) is 5.75 Å². The number of fused-ring (bicyclic) bond motifs is 1. The fraction of sp³-hybridized carbons (Fsp3) is 0.440. The van der Waals surface area contributed by atoms with E-state index in [0.717, 1.165) is 68.6 Å². The van der Waals surface area contributed by atoms with E-state index in [-0.39, 0.29) is 5.91 Å². The number of ether oxygens (including phenoxy) is 1. The maximum absolute atomic E-state index is 12.7. The molecule has 170 valence electrons. The van der Waals surface area contributed by atoms with Crippen molar-refractivity contribution in [2.45, 2.75) is 25.8 Å². The number of amides is 1. The van der Waals surface area contributed by atoms with Crippen LogP contribution in [0, 0.1) is 5.92 Å². The van der Waals surface area contributed by atoms with Gasteiger partial charge in [0.1, 0.15) is 5.75 Å². The Morgan fingerprint density at radius 1 is 1.19 bits per heavy atom. The summed E-state index contributed by atoms with van der Waals surface area (Å²) in [7, 11) is 1.62. The van der Waals surface area contributed by atoms with Crippen LogP contribution in [0.5, 0.6) is 5.75 Å². The quantitative estimate of drug-likeness (QED) is 0.426. The minimum Gasteiger partial charge on any atom is -0.497 e. The first-order chi connectivity index (χ1) is 15.7. The SMILES string of the molecule is COc1ccc2[nH]nc(C(=O)NCC3CCN(CCCNCc4ccccc4)CC3)c2c1. The van der Waals surface area contributed by atoms with Gasteiger partial charge in [-0.3, -0.25) is 9.89 Å². The number of rotatable bonds is 10. The van der Waals surface area contributed by atoms with E-state index >= 15 is 0 Å². The Bertz CT molecular complexity index is 996. The van der Waals surface area contributed by atoms with Crippen LogP contribution >= 0.6 is 0 Å². The molecule has 0 spiro atoms. The molecular weight excluding hydrogens is 402 g/mol. The summed E-state index contributed by atoms with van der Waals surface area (Å²) in [6, 6.07) is 16.1. The zero-order valence-corrected chi connectivity index (χ0v) is 18.8. The first kappa shape index (κ1) is 22.3. The van der Waals surface area contributed by atoms with Crippen molar-refractivity contribution in [2.24, 2.45) is 5.92 Å². The van der Waals surface area contributed by atoms with Crippen LogP contribution < -0.4 is 15.4 Å². The van der Waals surface area contributed by atoms with E-state index in [2.05, 4.69) is 56.1 Å². The Morgan fingerprint density at radius 2 is 2.00 bits per heavy atom. The second kappa shape index (κ2) is 11.1.